The Morgan fingerprint density at radius 3 is 2.26 bits per heavy atom. The number of likely N-dealkylation sites (N-methyl/N-ethyl adjacent to an activating group) is 1. The predicted octanol–water partition coefficient (Wildman–Crippen LogP) is -3.28. The van der Waals surface area contributed by atoms with E-state index in [0.717, 1.165) is 11.3 Å². The number of carbonyl (C=O) groups excluding carboxylic acids is 6. The van der Waals surface area contributed by atoms with E-state index in [0.29, 0.717) is 25.1 Å². The summed E-state index contributed by atoms with van der Waals surface area (Å²) in [7, 11) is 1.35. The van der Waals surface area contributed by atoms with Gasteiger partial charge in [-0.25, -0.2) is 9.78 Å². The van der Waals surface area contributed by atoms with E-state index in [1.54, 1.807) is 0 Å². The molecule has 1 aliphatic heterocycles. The molecule has 0 aliphatic carbocycles. The number of carbonyl (C=O) groups is 7. The Morgan fingerprint density at radius 1 is 1.00 bits per heavy atom. The number of aromatic nitrogens is 2. The molecule has 1 aromatic heterocycles. The summed E-state index contributed by atoms with van der Waals surface area (Å²) in [6.45, 7) is 5.54. The summed E-state index contributed by atoms with van der Waals surface area (Å²) >= 11 is 4.25. The number of hydrogen-bond acceptors (Lipinski definition) is 11. The maximum absolute atomic E-state index is 13.5. The number of aromatic amines is 1. The molecule has 1 aromatic rings. The monoisotopic (exact) mass is 766 g/mol. The van der Waals surface area contributed by atoms with Gasteiger partial charge in [0.2, 0.25) is 35.4 Å². The lowest BCUT2D eigenvalue weighted by Gasteiger charge is -2.29. The van der Waals surface area contributed by atoms with Crippen LogP contribution in [0.25, 0.3) is 0 Å². The van der Waals surface area contributed by atoms with Gasteiger partial charge in [-0.15, -0.1) is 0 Å². The minimum Gasteiger partial charge on any atom is -0.480 e. The Morgan fingerprint density at radius 2 is 1.70 bits per heavy atom. The van der Waals surface area contributed by atoms with Crippen LogP contribution in [0.15, 0.2) is 17.5 Å². The number of aliphatic carboxylic acids is 1. The molecule has 6 amide bonds. The molecule has 0 bridgehead atoms. The van der Waals surface area contributed by atoms with Gasteiger partial charge in [0.25, 0.3) is 0 Å². The summed E-state index contributed by atoms with van der Waals surface area (Å²) < 4.78 is 0. The number of hydrogen-bond donors (Lipinski definition) is 11. The second-order valence-electron chi connectivity index (χ2n) is 13.2. The molecule has 12 N–H and O–H groups in total. The second-order valence-corrected chi connectivity index (χ2v) is 13.5. The molecule has 0 spiro atoms. The lowest BCUT2D eigenvalue weighted by molar-refractivity contribution is -0.142. The highest BCUT2D eigenvalue weighted by molar-refractivity contribution is 7.80. The molecular weight excluding hydrogens is 712 g/mol. The third-order valence-electron chi connectivity index (χ3n) is 8.39. The van der Waals surface area contributed by atoms with E-state index in [4.69, 9.17) is 11.5 Å². The number of guanidine groups is 1. The molecule has 0 radical (unpaired) electrons. The van der Waals surface area contributed by atoms with Crippen LogP contribution in [0.4, 0.5) is 0 Å². The van der Waals surface area contributed by atoms with Gasteiger partial charge in [0.1, 0.15) is 30.2 Å². The first-order valence-corrected chi connectivity index (χ1v) is 18.0. The van der Waals surface area contributed by atoms with Gasteiger partial charge in [-0.1, -0.05) is 13.8 Å². The zero-order valence-corrected chi connectivity index (χ0v) is 31.4. The zero-order valence-electron chi connectivity index (χ0n) is 30.5. The molecule has 21 heteroatoms. The Bertz CT molecular complexity index is 1430. The molecule has 0 unspecified atom stereocenters. The number of H-pyrrole nitrogens is 1. The molecule has 53 heavy (non-hydrogen) atoms. The lowest BCUT2D eigenvalue weighted by Crippen LogP contribution is -2.59. The minimum absolute atomic E-state index is 0.0191. The zero-order chi connectivity index (χ0) is 39.7. The fourth-order valence-electron chi connectivity index (χ4n) is 5.38. The SMILES string of the molecule is CC(C)C[C@H](NC(=O)[C@@H]1CCCN1)C(=O)NCC(=O)N(C)[C@@H](CS)C(=O)N[C@@H](Cc1cnc[nH]1)C(=O)N[C@@H](C)C(=O)N[C@H](CCCN=C(N)N)C(=O)O. The molecule has 1 saturated heterocycles. The number of nitrogens with zero attached hydrogens (tertiary/aromatic N) is 3. The van der Waals surface area contributed by atoms with Gasteiger partial charge in [-0.3, -0.25) is 33.8 Å². The minimum atomic E-state index is -1.29. The number of thiol groups is 1. The highest BCUT2D eigenvalue weighted by Gasteiger charge is 2.33. The van der Waals surface area contributed by atoms with Crippen LogP contribution in [-0.4, -0.2) is 136 Å². The van der Waals surface area contributed by atoms with Crippen molar-refractivity contribution >= 4 is 60.0 Å². The normalized spacial score (nSPS) is 16.6. The maximum atomic E-state index is 13.5. The molecule has 1 fully saturated rings. The van der Waals surface area contributed by atoms with Crippen LogP contribution in [-0.2, 0) is 40.0 Å². The summed E-state index contributed by atoms with van der Waals surface area (Å²) in [5.74, 6) is -5.31. The molecule has 20 nitrogen and oxygen atoms in total. The Kier molecular flexibility index (Phi) is 18.5. The van der Waals surface area contributed by atoms with E-state index in [1.165, 1.54) is 26.5 Å². The van der Waals surface area contributed by atoms with E-state index in [9.17, 15) is 38.7 Å². The summed E-state index contributed by atoms with van der Waals surface area (Å²) in [5.41, 5.74) is 11.0. The van der Waals surface area contributed by atoms with E-state index in [2.05, 4.69) is 59.5 Å². The van der Waals surface area contributed by atoms with Crippen LogP contribution < -0.4 is 43.4 Å². The van der Waals surface area contributed by atoms with Crippen LogP contribution in [0, 0.1) is 5.92 Å². The second kappa shape index (κ2) is 22.2. The molecule has 1 aliphatic rings. The first-order valence-electron chi connectivity index (χ1n) is 17.4. The smallest absolute Gasteiger partial charge is 0.326 e. The van der Waals surface area contributed by atoms with Crippen LogP contribution in [0.1, 0.15) is 58.6 Å². The number of amides is 6. The van der Waals surface area contributed by atoms with Crippen LogP contribution in [0.5, 0.6) is 0 Å². The molecule has 296 valence electrons. The molecule has 0 aromatic carbocycles. The largest absolute Gasteiger partial charge is 0.480 e. The lowest BCUT2D eigenvalue weighted by atomic mass is 10.0. The van der Waals surface area contributed by atoms with Crippen molar-refractivity contribution in [3.05, 3.63) is 18.2 Å². The first-order chi connectivity index (χ1) is 25.0. The third kappa shape index (κ3) is 15.3. The molecule has 6 atom stereocenters. The average molecular weight is 767 g/mol. The van der Waals surface area contributed by atoms with Gasteiger partial charge in [-0.05, 0) is 51.5 Å². The first kappa shape index (κ1) is 44.2. The number of nitrogens with two attached hydrogens (primary N) is 2. The van der Waals surface area contributed by atoms with Crippen molar-refractivity contribution < 1.29 is 38.7 Å². The highest BCUT2D eigenvalue weighted by Crippen LogP contribution is 2.10. The predicted molar refractivity (Wildman–Crippen MR) is 197 cm³/mol. The Balaban J connectivity index is 2.06. The number of aliphatic imine (C=N–C) groups is 1. The molecule has 0 saturated carbocycles. The van der Waals surface area contributed by atoms with Gasteiger partial charge in [0, 0.05) is 37.7 Å². The van der Waals surface area contributed by atoms with Crippen LogP contribution in [0.2, 0.25) is 0 Å². The Hall–Kier alpha value is -4.92. The highest BCUT2D eigenvalue weighted by atomic mass is 32.1. The van der Waals surface area contributed by atoms with Gasteiger partial charge in [0.05, 0.1) is 18.9 Å². The van der Waals surface area contributed by atoms with Crippen molar-refractivity contribution in [3.8, 4) is 0 Å². The van der Waals surface area contributed by atoms with Crippen LogP contribution in [0.3, 0.4) is 0 Å². The van der Waals surface area contributed by atoms with Crippen molar-refractivity contribution in [2.45, 2.75) is 95.5 Å². The fourth-order valence-corrected chi connectivity index (χ4v) is 5.79. The van der Waals surface area contributed by atoms with Gasteiger partial charge >= 0.3 is 5.97 Å². The number of carboxylic acid groups (broad SMARTS) is 1. The van der Waals surface area contributed by atoms with Crippen LogP contribution >= 0.6 is 12.6 Å². The van der Waals surface area contributed by atoms with E-state index >= 15 is 0 Å². The van der Waals surface area contributed by atoms with Gasteiger partial charge in [0.15, 0.2) is 5.96 Å². The number of carboxylic acids is 1. The summed E-state index contributed by atoms with van der Waals surface area (Å²) in [6.07, 6.45) is 4.87. The van der Waals surface area contributed by atoms with E-state index in [1.807, 2.05) is 13.8 Å². The summed E-state index contributed by atoms with van der Waals surface area (Å²) in [5, 5.41) is 25.4. The number of imidazole rings is 1. The van der Waals surface area contributed by atoms with Crippen molar-refractivity contribution in [1.82, 2.24) is 46.8 Å². The summed E-state index contributed by atoms with van der Waals surface area (Å²) in [6, 6.07) is -6.20. The fraction of sp³-hybridized carbons (Fsp3) is 0.656. The standard InChI is InChI=1S/C32H54N12O8S/c1-17(2)11-22(42-28(48)20-7-5-9-36-20)27(47)38-14-25(45)44(4)24(15-53)30(50)43-23(12-19-13-35-16-39-19)29(49)40-18(3)26(46)41-21(31(51)52)8-6-10-37-32(33)34/h13,16-18,20-24,36,53H,5-12,14-15H2,1-4H3,(H,35,39)(H,38,47)(H,40,49)(H,41,46)(H,42,48)(H,43,50)(H,51,52)(H4,33,34,37)/t18-,20-,21+,22-,23-,24-/m0/s1. The quantitative estimate of drug-likeness (QED) is 0.0240. The third-order valence-corrected chi connectivity index (χ3v) is 8.74. The molecule has 2 rings (SSSR count). The van der Waals surface area contributed by atoms with E-state index in [-0.39, 0.29) is 55.4 Å². The maximum Gasteiger partial charge on any atom is 0.326 e. The molecular formula is C32H54N12O8S. The average Bonchev–Trinajstić information content (AvgIpc) is 3.83. The van der Waals surface area contributed by atoms with Crippen molar-refractivity contribution in [3.63, 3.8) is 0 Å². The van der Waals surface area contributed by atoms with E-state index < -0.39 is 72.3 Å². The topological polar surface area (TPSA) is 308 Å². The van der Waals surface area contributed by atoms with Crippen molar-refractivity contribution in [2.75, 3.05) is 32.4 Å². The number of rotatable bonds is 22. The van der Waals surface area contributed by atoms with Crippen molar-refractivity contribution in [1.29, 1.82) is 0 Å². The number of nitrogens with one attached hydrogen (secondary N) is 7. The summed E-state index contributed by atoms with van der Waals surface area (Å²) in [4.78, 5) is 102. The van der Waals surface area contributed by atoms with Crippen molar-refractivity contribution in [2.24, 2.45) is 22.4 Å². The van der Waals surface area contributed by atoms with Gasteiger partial charge in [-0.2, -0.15) is 12.6 Å². The van der Waals surface area contributed by atoms with Gasteiger partial charge < -0.3 is 58.4 Å². The Labute approximate surface area is 313 Å². The molecule has 2 heterocycles.